The van der Waals surface area contributed by atoms with E-state index < -0.39 is 0 Å². The van der Waals surface area contributed by atoms with Crippen LogP contribution >= 0.6 is 11.3 Å². The van der Waals surface area contributed by atoms with Gasteiger partial charge in [0.15, 0.2) is 5.82 Å². The van der Waals surface area contributed by atoms with E-state index in [0.717, 1.165) is 35.2 Å². The van der Waals surface area contributed by atoms with Gasteiger partial charge in [0.05, 0.1) is 12.2 Å². The van der Waals surface area contributed by atoms with Gasteiger partial charge in [-0.15, -0.1) is 11.3 Å². The summed E-state index contributed by atoms with van der Waals surface area (Å²) in [4.78, 5) is 16.7. The van der Waals surface area contributed by atoms with Crippen molar-refractivity contribution in [3.63, 3.8) is 0 Å². The number of rotatable bonds is 6. The predicted molar refractivity (Wildman–Crippen MR) is 84.3 cm³/mol. The maximum absolute atomic E-state index is 4.48. The number of hydrogen-bond acceptors (Lipinski definition) is 4. The van der Waals surface area contributed by atoms with E-state index in [9.17, 15) is 0 Å². The summed E-state index contributed by atoms with van der Waals surface area (Å²) in [5.74, 6) is 1.94. The van der Waals surface area contributed by atoms with Crippen LogP contribution in [-0.4, -0.2) is 24.5 Å². The second kappa shape index (κ2) is 6.22. The van der Waals surface area contributed by atoms with Crippen molar-refractivity contribution in [3.05, 3.63) is 41.0 Å². The van der Waals surface area contributed by atoms with E-state index in [-0.39, 0.29) is 6.04 Å². The van der Waals surface area contributed by atoms with Crippen LogP contribution in [0, 0.1) is 0 Å². The highest BCUT2D eigenvalue weighted by Crippen LogP contribution is 2.25. The summed E-state index contributed by atoms with van der Waals surface area (Å²) in [6.07, 6.45) is 10.8. The number of aryl methyl sites for hydroxylation is 1. The third-order valence-corrected chi connectivity index (χ3v) is 4.48. The van der Waals surface area contributed by atoms with Gasteiger partial charge in [0.25, 0.3) is 0 Å². The molecule has 3 aromatic rings. The third kappa shape index (κ3) is 2.90. The molecule has 0 saturated heterocycles. The molecule has 0 radical (unpaired) electrons. The average Bonchev–Trinajstić information content (AvgIpc) is 3.24. The molecule has 0 amide bonds. The smallest absolute Gasteiger partial charge is 0.158 e. The van der Waals surface area contributed by atoms with Crippen molar-refractivity contribution in [2.45, 2.75) is 39.2 Å². The van der Waals surface area contributed by atoms with Gasteiger partial charge in [-0.2, -0.15) is 0 Å². The van der Waals surface area contributed by atoms with Crippen molar-refractivity contribution in [1.82, 2.24) is 24.5 Å². The Morgan fingerprint density at radius 2 is 2.19 bits per heavy atom. The lowest BCUT2D eigenvalue weighted by atomic mass is 10.2. The molecule has 5 nitrogen and oxygen atoms in total. The van der Waals surface area contributed by atoms with Crippen LogP contribution in [0.5, 0.6) is 0 Å². The summed E-state index contributed by atoms with van der Waals surface area (Å²) in [6, 6.07) is 0.171. The van der Waals surface area contributed by atoms with Gasteiger partial charge in [-0.3, -0.25) is 0 Å². The lowest BCUT2D eigenvalue weighted by Crippen LogP contribution is -2.07. The molecule has 0 saturated carbocycles. The number of unbranched alkanes of at least 4 members (excludes halogenated alkanes) is 1. The second-order valence-corrected chi connectivity index (χ2v) is 5.98. The van der Waals surface area contributed by atoms with Gasteiger partial charge in [-0.25, -0.2) is 15.0 Å². The normalized spacial score (nSPS) is 12.7. The van der Waals surface area contributed by atoms with Crippen LogP contribution in [0.25, 0.3) is 11.5 Å². The molecule has 0 aliphatic carbocycles. The third-order valence-electron chi connectivity index (χ3n) is 3.53. The number of thiazole rings is 1. The maximum Gasteiger partial charge on any atom is 0.158 e. The largest absolute Gasteiger partial charge is 0.339 e. The summed E-state index contributed by atoms with van der Waals surface area (Å²) < 4.78 is 2.13. The number of aromatic nitrogens is 5. The van der Waals surface area contributed by atoms with Crippen LogP contribution in [0.2, 0.25) is 0 Å². The van der Waals surface area contributed by atoms with Crippen molar-refractivity contribution >= 4 is 11.3 Å². The van der Waals surface area contributed by atoms with E-state index in [1.165, 1.54) is 6.42 Å². The zero-order valence-corrected chi connectivity index (χ0v) is 13.1. The number of nitrogens with zero attached hydrogens (tertiary/aromatic N) is 4. The van der Waals surface area contributed by atoms with Gasteiger partial charge in [0, 0.05) is 30.4 Å². The predicted octanol–water partition coefficient (Wildman–Crippen LogP) is 3.68. The molecule has 0 spiro atoms. The Bertz CT molecular complexity index is 683. The topological polar surface area (TPSA) is 59.4 Å². The fraction of sp³-hybridized carbons (Fsp3) is 0.400. The molecule has 3 aromatic heterocycles. The van der Waals surface area contributed by atoms with Gasteiger partial charge >= 0.3 is 0 Å². The van der Waals surface area contributed by atoms with Crippen LogP contribution in [0.4, 0.5) is 0 Å². The SMILES string of the molecule is CCCCc1ncc(-c2nccn2[C@H](C)c2nccs2)[nH]1. The standard InChI is InChI=1S/C15H19N5S/c1-3-4-5-13-18-10-12(19-13)14-16-6-8-20(14)11(2)15-17-7-9-21-15/h6-11H,3-5H2,1-2H3,(H,18,19)/t11-/m1/s1. The number of aromatic amines is 1. The van der Waals surface area contributed by atoms with Crippen LogP contribution in [0.3, 0.4) is 0 Å². The summed E-state index contributed by atoms with van der Waals surface area (Å²) in [5.41, 5.74) is 0.967. The van der Waals surface area contributed by atoms with Crippen molar-refractivity contribution in [2.24, 2.45) is 0 Å². The molecule has 0 aliphatic heterocycles. The number of nitrogens with one attached hydrogen (secondary N) is 1. The fourth-order valence-corrected chi connectivity index (χ4v) is 3.03. The highest BCUT2D eigenvalue weighted by Gasteiger charge is 2.16. The van der Waals surface area contributed by atoms with Gasteiger partial charge in [0.2, 0.25) is 0 Å². The molecular formula is C15H19N5S. The molecule has 0 aromatic carbocycles. The Labute approximate surface area is 128 Å². The Kier molecular flexibility index (Phi) is 4.15. The molecular weight excluding hydrogens is 282 g/mol. The van der Waals surface area contributed by atoms with Gasteiger partial charge < -0.3 is 9.55 Å². The molecule has 110 valence electrons. The van der Waals surface area contributed by atoms with Crippen LogP contribution in [0.15, 0.2) is 30.2 Å². The van der Waals surface area contributed by atoms with E-state index in [4.69, 9.17) is 0 Å². The van der Waals surface area contributed by atoms with E-state index >= 15 is 0 Å². The van der Waals surface area contributed by atoms with Gasteiger partial charge in [-0.1, -0.05) is 13.3 Å². The number of H-pyrrole nitrogens is 1. The first kappa shape index (κ1) is 14.0. The molecule has 3 heterocycles. The molecule has 6 heteroatoms. The van der Waals surface area contributed by atoms with Crippen LogP contribution < -0.4 is 0 Å². The van der Waals surface area contributed by atoms with Crippen molar-refractivity contribution in [2.75, 3.05) is 0 Å². The highest BCUT2D eigenvalue weighted by atomic mass is 32.1. The molecule has 21 heavy (non-hydrogen) atoms. The molecule has 0 aliphatic rings. The zero-order valence-electron chi connectivity index (χ0n) is 12.3. The Morgan fingerprint density at radius 1 is 1.29 bits per heavy atom. The lowest BCUT2D eigenvalue weighted by molar-refractivity contribution is 0.640. The average molecular weight is 301 g/mol. The van der Waals surface area contributed by atoms with Crippen LogP contribution in [0.1, 0.15) is 43.6 Å². The van der Waals surface area contributed by atoms with Gasteiger partial charge in [0.1, 0.15) is 16.5 Å². The number of imidazole rings is 2. The maximum atomic E-state index is 4.48. The Hall–Kier alpha value is -1.95. The minimum Gasteiger partial charge on any atom is -0.339 e. The molecule has 3 rings (SSSR count). The van der Waals surface area contributed by atoms with E-state index in [1.807, 2.05) is 30.2 Å². The van der Waals surface area contributed by atoms with E-state index in [0.29, 0.717) is 0 Å². The minimum absolute atomic E-state index is 0.171. The summed E-state index contributed by atoms with van der Waals surface area (Å²) in [6.45, 7) is 4.32. The van der Waals surface area contributed by atoms with Crippen molar-refractivity contribution < 1.29 is 0 Å². The first-order chi connectivity index (χ1) is 10.3. The zero-order chi connectivity index (χ0) is 14.7. The summed E-state index contributed by atoms with van der Waals surface area (Å²) in [5, 5.41) is 3.08. The fourth-order valence-electron chi connectivity index (χ4n) is 2.34. The van der Waals surface area contributed by atoms with E-state index in [1.54, 1.807) is 11.3 Å². The molecule has 0 unspecified atom stereocenters. The number of hydrogen-bond donors (Lipinski definition) is 1. The van der Waals surface area contributed by atoms with E-state index in [2.05, 4.69) is 38.4 Å². The first-order valence-corrected chi connectivity index (χ1v) is 8.14. The summed E-state index contributed by atoms with van der Waals surface area (Å²) >= 11 is 1.66. The minimum atomic E-state index is 0.171. The molecule has 0 fully saturated rings. The lowest BCUT2D eigenvalue weighted by Gasteiger charge is -2.13. The van der Waals surface area contributed by atoms with Crippen LogP contribution in [-0.2, 0) is 6.42 Å². The highest BCUT2D eigenvalue weighted by molar-refractivity contribution is 7.09. The second-order valence-electron chi connectivity index (χ2n) is 5.05. The molecule has 1 N–H and O–H groups in total. The summed E-state index contributed by atoms with van der Waals surface area (Å²) in [7, 11) is 0. The monoisotopic (exact) mass is 301 g/mol. The molecule has 1 atom stereocenters. The quantitative estimate of drug-likeness (QED) is 0.755. The van der Waals surface area contributed by atoms with Crippen molar-refractivity contribution in [1.29, 1.82) is 0 Å². The van der Waals surface area contributed by atoms with Gasteiger partial charge in [-0.05, 0) is 13.3 Å². The Morgan fingerprint density at radius 3 is 2.95 bits per heavy atom. The first-order valence-electron chi connectivity index (χ1n) is 7.26. The van der Waals surface area contributed by atoms with Crippen molar-refractivity contribution in [3.8, 4) is 11.5 Å². The molecule has 0 bridgehead atoms. The Balaban J connectivity index is 1.86.